The molecule has 3 aromatic rings. The Hall–Kier alpha value is -3.38. The van der Waals surface area contributed by atoms with Crippen molar-refractivity contribution in [2.45, 2.75) is 32.4 Å². The van der Waals surface area contributed by atoms with Gasteiger partial charge < -0.3 is 14.5 Å². The number of methoxy groups -OCH3 is 1. The number of hydrazone groups is 1. The number of rotatable bonds is 7. The Balaban J connectivity index is 1.52. The van der Waals surface area contributed by atoms with Crippen LogP contribution in [0, 0.1) is 6.92 Å². The van der Waals surface area contributed by atoms with Crippen LogP contribution in [0.25, 0.3) is 0 Å². The molecule has 1 aromatic heterocycles. The van der Waals surface area contributed by atoms with Crippen molar-refractivity contribution in [2.24, 2.45) is 5.10 Å². The van der Waals surface area contributed by atoms with E-state index in [1.54, 1.807) is 18.4 Å². The smallest absolute Gasteiger partial charge is 0.262 e. The van der Waals surface area contributed by atoms with Gasteiger partial charge in [-0.3, -0.25) is 4.79 Å². The fourth-order valence-electron chi connectivity index (χ4n) is 3.66. The zero-order valence-corrected chi connectivity index (χ0v) is 18.0. The van der Waals surface area contributed by atoms with E-state index >= 15 is 0 Å². The van der Waals surface area contributed by atoms with Crippen LogP contribution in [0.3, 0.4) is 0 Å². The molecule has 0 saturated heterocycles. The Morgan fingerprint density at radius 3 is 2.74 bits per heavy atom. The third kappa shape index (κ3) is 4.70. The van der Waals surface area contributed by atoms with Gasteiger partial charge in [0.05, 0.1) is 24.6 Å². The fourth-order valence-corrected chi connectivity index (χ4v) is 3.66. The van der Waals surface area contributed by atoms with E-state index in [0.29, 0.717) is 6.42 Å². The lowest BCUT2D eigenvalue weighted by molar-refractivity contribution is -0.131. The Morgan fingerprint density at radius 2 is 2.03 bits per heavy atom. The van der Waals surface area contributed by atoms with Crippen LogP contribution in [-0.2, 0) is 9.53 Å². The molecule has 1 amide bonds. The Morgan fingerprint density at radius 1 is 1.23 bits per heavy atom. The number of nitrogens with zero attached hydrogens (tertiary/aromatic N) is 2. The zero-order chi connectivity index (χ0) is 21.8. The van der Waals surface area contributed by atoms with Crippen molar-refractivity contribution in [1.82, 2.24) is 5.01 Å². The number of amides is 1. The molecule has 2 heterocycles. The first-order chi connectivity index (χ1) is 15.0. The number of nitrogens with one attached hydrogen (secondary N) is 1. The number of hydrogen-bond donors (Lipinski definition) is 1. The number of benzene rings is 2. The van der Waals surface area contributed by atoms with E-state index in [4.69, 9.17) is 9.15 Å². The summed E-state index contributed by atoms with van der Waals surface area (Å²) in [6, 6.07) is 19.6. The summed E-state index contributed by atoms with van der Waals surface area (Å²) in [5, 5.41) is 9.44. The fraction of sp³-hybridized carbons (Fsp3) is 0.280. The van der Waals surface area contributed by atoms with Crippen LogP contribution in [0.15, 0.2) is 76.4 Å². The normalized spacial score (nSPS) is 16.8. The summed E-state index contributed by atoms with van der Waals surface area (Å²) in [5.41, 5.74) is 5.00. The van der Waals surface area contributed by atoms with Crippen LogP contribution in [0.5, 0.6) is 0 Å². The molecule has 0 bridgehead atoms. The first-order valence-electron chi connectivity index (χ1n) is 10.4. The molecule has 6 nitrogen and oxygen atoms in total. The molecule has 2 atom stereocenters. The second kappa shape index (κ2) is 9.18. The second-order valence-electron chi connectivity index (χ2n) is 7.74. The van der Waals surface area contributed by atoms with Crippen molar-refractivity contribution in [1.29, 1.82) is 0 Å². The highest BCUT2D eigenvalue weighted by molar-refractivity contribution is 6.03. The number of carbonyl (C=O) groups is 1. The largest absolute Gasteiger partial charge is 0.467 e. The van der Waals surface area contributed by atoms with Gasteiger partial charge in [-0.1, -0.05) is 42.0 Å². The van der Waals surface area contributed by atoms with Crippen LogP contribution in [-0.4, -0.2) is 30.3 Å². The SMILES string of the molecule is COC(C)c1cccc(NCC(=O)N2N=C(c3ccc(C)cc3)CC2c2ccco2)c1. The van der Waals surface area contributed by atoms with Crippen LogP contribution >= 0.6 is 0 Å². The van der Waals surface area contributed by atoms with Crippen molar-refractivity contribution in [3.63, 3.8) is 0 Å². The van der Waals surface area contributed by atoms with E-state index in [-0.39, 0.29) is 24.6 Å². The van der Waals surface area contributed by atoms with Gasteiger partial charge in [0.15, 0.2) is 0 Å². The molecule has 31 heavy (non-hydrogen) atoms. The lowest BCUT2D eigenvalue weighted by Gasteiger charge is -2.20. The minimum absolute atomic E-state index is 0.0129. The van der Waals surface area contributed by atoms with Gasteiger partial charge in [0.2, 0.25) is 0 Å². The summed E-state index contributed by atoms with van der Waals surface area (Å²) >= 11 is 0. The number of carbonyl (C=O) groups excluding carboxylic acids is 1. The first kappa shape index (κ1) is 20.9. The van der Waals surface area contributed by atoms with Crippen molar-refractivity contribution >= 4 is 17.3 Å². The Bertz CT molecular complexity index is 1060. The van der Waals surface area contributed by atoms with Crippen LogP contribution in [0.1, 0.15) is 47.9 Å². The predicted octanol–water partition coefficient (Wildman–Crippen LogP) is 5.09. The van der Waals surface area contributed by atoms with Gasteiger partial charge in [-0.25, -0.2) is 5.01 Å². The van der Waals surface area contributed by atoms with Crippen molar-refractivity contribution in [3.8, 4) is 0 Å². The van der Waals surface area contributed by atoms with E-state index in [1.165, 1.54) is 5.56 Å². The number of hydrogen-bond acceptors (Lipinski definition) is 5. The quantitative estimate of drug-likeness (QED) is 0.582. The maximum Gasteiger partial charge on any atom is 0.262 e. The highest BCUT2D eigenvalue weighted by atomic mass is 16.5. The molecule has 4 rings (SSSR count). The highest BCUT2D eigenvalue weighted by Crippen LogP contribution is 2.33. The highest BCUT2D eigenvalue weighted by Gasteiger charge is 2.34. The molecule has 2 unspecified atom stereocenters. The summed E-state index contributed by atoms with van der Waals surface area (Å²) in [4.78, 5) is 13.1. The molecular formula is C25H27N3O3. The maximum absolute atomic E-state index is 13.1. The lowest BCUT2D eigenvalue weighted by atomic mass is 10.0. The van der Waals surface area contributed by atoms with Gasteiger partial charge in [0, 0.05) is 19.2 Å². The van der Waals surface area contributed by atoms with Crippen molar-refractivity contribution in [2.75, 3.05) is 19.0 Å². The van der Waals surface area contributed by atoms with Crippen LogP contribution < -0.4 is 5.32 Å². The maximum atomic E-state index is 13.1. The van der Waals surface area contributed by atoms with E-state index in [2.05, 4.69) is 29.5 Å². The molecule has 1 aliphatic heterocycles. The number of aryl methyl sites for hydroxylation is 1. The molecule has 0 radical (unpaired) electrons. The molecule has 6 heteroatoms. The second-order valence-corrected chi connectivity index (χ2v) is 7.74. The van der Waals surface area contributed by atoms with Gasteiger partial charge in [-0.05, 0) is 49.2 Å². The lowest BCUT2D eigenvalue weighted by Crippen LogP contribution is -2.32. The standard InChI is InChI=1S/C25H27N3O3/c1-17-9-11-19(12-10-17)22-15-23(24-8-5-13-31-24)28(27-22)25(29)16-26-21-7-4-6-20(14-21)18(2)30-3/h4-14,18,23,26H,15-16H2,1-3H3. The monoisotopic (exact) mass is 417 g/mol. The summed E-state index contributed by atoms with van der Waals surface area (Å²) in [6.07, 6.45) is 2.23. The first-order valence-corrected chi connectivity index (χ1v) is 10.4. The molecule has 0 spiro atoms. The van der Waals surface area contributed by atoms with Gasteiger partial charge in [-0.15, -0.1) is 0 Å². The third-order valence-electron chi connectivity index (χ3n) is 5.58. The van der Waals surface area contributed by atoms with E-state index in [9.17, 15) is 4.79 Å². The molecule has 0 aliphatic carbocycles. The molecule has 2 aromatic carbocycles. The zero-order valence-electron chi connectivity index (χ0n) is 18.0. The Labute approximate surface area is 182 Å². The minimum atomic E-state index is -0.250. The number of anilines is 1. The number of furan rings is 1. The third-order valence-corrected chi connectivity index (χ3v) is 5.58. The van der Waals surface area contributed by atoms with Gasteiger partial charge in [0.1, 0.15) is 11.8 Å². The molecule has 160 valence electrons. The molecule has 1 N–H and O–H groups in total. The Kier molecular flexibility index (Phi) is 6.18. The molecule has 0 saturated carbocycles. The van der Waals surface area contributed by atoms with Crippen molar-refractivity contribution < 1.29 is 13.9 Å². The summed E-state index contributed by atoms with van der Waals surface area (Å²) in [7, 11) is 1.68. The summed E-state index contributed by atoms with van der Waals surface area (Å²) < 4.78 is 11.0. The van der Waals surface area contributed by atoms with Gasteiger partial charge >= 0.3 is 0 Å². The van der Waals surface area contributed by atoms with Crippen LogP contribution in [0.4, 0.5) is 5.69 Å². The molecule has 1 aliphatic rings. The van der Waals surface area contributed by atoms with E-state index < -0.39 is 0 Å². The van der Waals surface area contributed by atoms with E-state index in [0.717, 1.165) is 28.3 Å². The molecular weight excluding hydrogens is 390 g/mol. The predicted molar refractivity (Wildman–Crippen MR) is 121 cm³/mol. The van der Waals surface area contributed by atoms with Crippen molar-refractivity contribution in [3.05, 3.63) is 89.4 Å². The summed E-state index contributed by atoms with van der Waals surface area (Å²) in [6.45, 7) is 4.17. The molecule has 0 fully saturated rings. The van der Waals surface area contributed by atoms with Crippen LogP contribution in [0.2, 0.25) is 0 Å². The average molecular weight is 418 g/mol. The number of ether oxygens (including phenoxy) is 1. The van der Waals surface area contributed by atoms with Gasteiger partial charge in [-0.2, -0.15) is 5.10 Å². The minimum Gasteiger partial charge on any atom is -0.467 e. The average Bonchev–Trinajstić information content (AvgIpc) is 3.47. The topological polar surface area (TPSA) is 67.1 Å². The summed E-state index contributed by atoms with van der Waals surface area (Å²) in [5.74, 6) is 0.615. The van der Waals surface area contributed by atoms with Gasteiger partial charge in [0.25, 0.3) is 5.91 Å². The van der Waals surface area contributed by atoms with E-state index in [1.807, 2.05) is 55.5 Å².